The molecule has 13 heteroatoms. The molecule has 0 amide bonds. The van der Waals surface area contributed by atoms with Gasteiger partial charge in [0.25, 0.3) is 0 Å². The number of aromatic nitrogens is 3. The highest BCUT2D eigenvalue weighted by atomic mass is 79.9. The Bertz CT molecular complexity index is 1220. The number of anilines is 3. The summed E-state index contributed by atoms with van der Waals surface area (Å²) in [4.78, 5) is 23.3. The van der Waals surface area contributed by atoms with Gasteiger partial charge in [-0.1, -0.05) is 28.1 Å². The summed E-state index contributed by atoms with van der Waals surface area (Å²) >= 11 is 3.36. The Hall–Kier alpha value is -3.61. The minimum atomic E-state index is -4.57. The quantitative estimate of drug-likeness (QED) is 0.187. The Morgan fingerprint density at radius 3 is 2.27 bits per heavy atom. The second-order valence-corrected chi connectivity index (χ2v) is 9.09. The molecule has 0 bridgehead atoms. The lowest BCUT2D eigenvalue weighted by atomic mass is 10.1. The van der Waals surface area contributed by atoms with Crippen molar-refractivity contribution in [2.45, 2.75) is 31.0 Å². The number of carboxylic acids is 1. The summed E-state index contributed by atoms with van der Waals surface area (Å²) in [5.74, 6) is -0.380. The molecule has 0 spiro atoms. The molecule has 3 N–H and O–H groups in total. The first-order valence-corrected chi connectivity index (χ1v) is 12.4. The molecule has 1 aliphatic rings. The van der Waals surface area contributed by atoms with E-state index >= 15 is 0 Å². The second-order valence-electron chi connectivity index (χ2n) is 8.30. The van der Waals surface area contributed by atoms with E-state index in [4.69, 9.17) is 14.6 Å². The van der Waals surface area contributed by atoms with E-state index in [1.165, 1.54) is 24.3 Å². The molecule has 0 atom stereocenters. The fraction of sp³-hybridized carbons (Fsp3) is 0.333. The summed E-state index contributed by atoms with van der Waals surface area (Å²) < 4.78 is 48.7. The van der Waals surface area contributed by atoms with Crippen molar-refractivity contribution in [2.75, 3.05) is 29.2 Å². The van der Waals surface area contributed by atoms with Crippen LogP contribution in [-0.4, -0.2) is 50.7 Å². The van der Waals surface area contributed by atoms with Gasteiger partial charge in [0, 0.05) is 11.0 Å². The van der Waals surface area contributed by atoms with Crippen LogP contribution >= 0.6 is 15.9 Å². The number of hydrogen-bond acceptors (Lipinski definition) is 8. The molecule has 2 aromatic carbocycles. The molecule has 1 heterocycles. The largest absolute Gasteiger partial charge is 0.494 e. The van der Waals surface area contributed by atoms with Crippen molar-refractivity contribution < 1.29 is 32.5 Å². The van der Waals surface area contributed by atoms with Gasteiger partial charge < -0.3 is 25.2 Å². The lowest BCUT2D eigenvalue weighted by molar-refractivity contribution is -0.154. The first-order valence-electron chi connectivity index (χ1n) is 11.3. The number of ether oxygens (including phenoxy) is 2. The fourth-order valence-electron chi connectivity index (χ4n) is 3.44. The lowest BCUT2D eigenvalue weighted by Gasteiger charge is -2.19. The predicted molar refractivity (Wildman–Crippen MR) is 133 cm³/mol. The molecule has 0 radical (unpaired) electrons. The lowest BCUT2D eigenvalue weighted by Crippen LogP contribution is -2.23. The van der Waals surface area contributed by atoms with Crippen LogP contribution < -0.4 is 20.1 Å². The SMILES string of the molecule is O=C(O)c1ccc(Nc2nc(NC3(c4ccc(OCCCBr)cc4)CC3)nc(OCC(F)(F)F)n2)cc1. The molecule has 1 aliphatic carbocycles. The molecule has 0 unspecified atom stereocenters. The molecule has 0 saturated heterocycles. The molecule has 1 aromatic heterocycles. The van der Waals surface area contributed by atoms with Crippen LogP contribution in [0, 0.1) is 0 Å². The van der Waals surface area contributed by atoms with E-state index < -0.39 is 30.3 Å². The van der Waals surface area contributed by atoms with E-state index in [0.717, 1.165) is 35.9 Å². The van der Waals surface area contributed by atoms with Gasteiger partial charge in [-0.3, -0.25) is 0 Å². The molecule has 37 heavy (non-hydrogen) atoms. The van der Waals surface area contributed by atoms with Crippen molar-refractivity contribution in [1.29, 1.82) is 0 Å². The number of alkyl halides is 4. The molecule has 9 nitrogen and oxygen atoms in total. The van der Waals surface area contributed by atoms with E-state index in [2.05, 4.69) is 41.5 Å². The second kappa shape index (κ2) is 11.2. The van der Waals surface area contributed by atoms with Gasteiger partial charge in [0.2, 0.25) is 11.9 Å². The number of halogens is 4. The van der Waals surface area contributed by atoms with Crippen LogP contribution in [0.4, 0.5) is 30.8 Å². The summed E-state index contributed by atoms with van der Waals surface area (Å²) in [5.41, 5.74) is 0.975. The zero-order chi connectivity index (χ0) is 26.5. The number of rotatable bonds is 12. The molecule has 1 saturated carbocycles. The normalized spacial score (nSPS) is 14.1. The average Bonchev–Trinajstić information content (AvgIpc) is 3.63. The topological polar surface area (TPSA) is 118 Å². The van der Waals surface area contributed by atoms with Crippen molar-refractivity contribution >= 4 is 39.5 Å². The van der Waals surface area contributed by atoms with Gasteiger partial charge in [0.05, 0.1) is 17.7 Å². The van der Waals surface area contributed by atoms with E-state index in [1.807, 2.05) is 24.3 Å². The number of hydrogen-bond donors (Lipinski definition) is 3. The first-order chi connectivity index (χ1) is 17.7. The molecule has 196 valence electrons. The number of benzene rings is 2. The third-order valence-electron chi connectivity index (χ3n) is 5.42. The molecule has 4 rings (SSSR count). The van der Waals surface area contributed by atoms with Gasteiger partial charge >= 0.3 is 18.2 Å². The maximum Gasteiger partial charge on any atom is 0.422 e. The van der Waals surface area contributed by atoms with E-state index in [9.17, 15) is 18.0 Å². The van der Waals surface area contributed by atoms with E-state index in [-0.39, 0.29) is 17.5 Å². The Morgan fingerprint density at radius 2 is 1.68 bits per heavy atom. The smallest absolute Gasteiger partial charge is 0.422 e. The molecular weight excluding hydrogens is 559 g/mol. The summed E-state index contributed by atoms with van der Waals surface area (Å²) in [7, 11) is 0. The van der Waals surface area contributed by atoms with Crippen LogP contribution in [0.15, 0.2) is 48.5 Å². The van der Waals surface area contributed by atoms with Crippen molar-refractivity contribution in [3.05, 3.63) is 59.7 Å². The number of aromatic carboxylic acids is 1. The predicted octanol–water partition coefficient (Wildman–Crippen LogP) is 5.52. The maximum atomic E-state index is 12.7. The zero-order valence-corrected chi connectivity index (χ0v) is 21.0. The van der Waals surface area contributed by atoms with Gasteiger partial charge in [0.15, 0.2) is 6.61 Å². The van der Waals surface area contributed by atoms with Crippen molar-refractivity contribution in [2.24, 2.45) is 0 Å². The van der Waals surface area contributed by atoms with Crippen molar-refractivity contribution in [3.63, 3.8) is 0 Å². The number of nitrogens with zero attached hydrogens (tertiary/aromatic N) is 3. The highest BCUT2D eigenvalue weighted by molar-refractivity contribution is 9.09. The van der Waals surface area contributed by atoms with Crippen LogP contribution in [0.5, 0.6) is 11.8 Å². The van der Waals surface area contributed by atoms with Crippen molar-refractivity contribution in [1.82, 2.24) is 15.0 Å². The Labute approximate surface area is 218 Å². The first kappa shape index (κ1) is 26.5. The monoisotopic (exact) mass is 581 g/mol. The van der Waals surface area contributed by atoms with Crippen LogP contribution in [0.2, 0.25) is 0 Å². The average molecular weight is 582 g/mol. The number of carboxylic acid groups (broad SMARTS) is 1. The number of nitrogens with one attached hydrogen (secondary N) is 2. The summed E-state index contributed by atoms with van der Waals surface area (Å²) in [6.07, 6.45) is -2.16. The van der Waals surface area contributed by atoms with Gasteiger partial charge in [-0.15, -0.1) is 0 Å². The van der Waals surface area contributed by atoms with Gasteiger partial charge in [-0.2, -0.15) is 28.1 Å². The van der Waals surface area contributed by atoms with Gasteiger partial charge in [-0.25, -0.2) is 4.79 Å². The number of carbonyl (C=O) groups is 1. The highest BCUT2D eigenvalue weighted by Crippen LogP contribution is 2.48. The minimum Gasteiger partial charge on any atom is -0.494 e. The third-order valence-corrected chi connectivity index (χ3v) is 5.98. The minimum absolute atomic E-state index is 0.0342. The maximum absolute atomic E-state index is 12.7. The van der Waals surface area contributed by atoms with E-state index in [0.29, 0.717) is 12.3 Å². The van der Waals surface area contributed by atoms with Crippen LogP contribution in [0.1, 0.15) is 35.2 Å². The van der Waals surface area contributed by atoms with Gasteiger partial charge in [0.1, 0.15) is 5.75 Å². The Morgan fingerprint density at radius 1 is 1.00 bits per heavy atom. The van der Waals surface area contributed by atoms with Crippen LogP contribution in [0.3, 0.4) is 0 Å². The van der Waals surface area contributed by atoms with Gasteiger partial charge in [-0.05, 0) is 61.2 Å². The van der Waals surface area contributed by atoms with Crippen molar-refractivity contribution in [3.8, 4) is 11.8 Å². The Kier molecular flexibility index (Phi) is 8.00. The van der Waals surface area contributed by atoms with E-state index in [1.54, 1.807) is 0 Å². The van der Waals surface area contributed by atoms with Crippen LogP contribution in [-0.2, 0) is 5.54 Å². The standard InChI is InChI=1S/C24H23BrF3N5O4/c25-12-1-13-36-18-8-4-16(5-9-18)23(10-11-23)33-21-30-20(31-22(32-21)37-14-24(26,27)28)29-17-6-2-15(3-7-17)19(34)35/h2-9H,1,10-14H2,(H,34,35)(H2,29,30,31,32,33). The molecule has 1 fully saturated rings. The summed E-state index contributed by atoms with van der Waals surface area (Å²) in [6.45, 7) is -0.973. The molecule has 3 aromatic rings. The fourth-order valence-corrected chi connectivity index (χ4v) is 3.67. The zero-order valence-electron chi connectivity index (χ0n) is 19.4. The third kappa shape index (κ3) is 7.44. The summed E-state index contributed by atoms with van der Waals surface area (Å²) in [6, 6.07) is 12.8. The molecular formula is C24H23BrF3N5O4. The molecule has 0 aliphatic heterocycles. The summed E-state index contributed by atoms with van der Waals surface area (Å²) in [5, 5.41) is 16.0. The highest BCUT2D eigenvalue weighted by Gasteiger charge is 2.45. The Balaban J connectivity index is 1.54. The van der Waals surface area contributed by atoms with Crippen LogP contribution in [0.25, 0.3) is 0 Å².